The number of nitrogens with zero attached hydrogens (tertiary/aromatic N) is 1. The Balaban J connectivity index is 1.99. The van der Waals surface area contributed by atoms with E-state index in [9.17, 15) is 0 Å². The molecule has 0 saturated heterocycles. The van der Waals surface area contributed by atoms with Gasteiger partial charge in [0.25, 0.3) is 0 Å². The van der Waals surface area contributed by atoms with E-state index < -0.39 is 0 Å². The number of imidazole rings is 1. The van der Waals surface area contributed by atoms with Crippen molar-refractivity contribution >= 4 is 45.8 Å². The number of rotatable bonds is 2. The van der Waals surface area contributed by atoms with Crippen LogP contribution in [0.25, 0.3) is 11.0 Å². The van der Waals surface area contributed by atoms with Crippen molar-refractivity contribution in [2.45, 2.75) is 0 Å². The summed E-state index contributed by atoms with van der Waals surface area (Å²) in [7, 11) is 0. The fourth-order valence-electron chi connectivity index (χ4n) is 1.69. The molecular weight excluding hydrogens is 307 g/mol. The second kappa shape index (κ2) is 4.93. The van der Waals surface area contributed by atoms with Crippen LogP contribution >= 0.6 is 34.8 Å². The van der Waals surface area contributed by atoms with Crippen LogP contribution in [0, 0.1) is 0 Å². The van der Waals surface area contributed by atoms with Gasteiger partial charge in [0.2, 0.25) is 5.28 Å². The quantitative estimate of drug-likeness (QED) is 0.695. The predicted octanol–water partition coefficient (Wildman–Crippen LogP) is 5.32. The third kappa shape index (κ3) is 2.63. The largest absolute Gasteiger partial charge is 0.456 e. The van der Waals surface area contributed by atoms with Gasteiger partial charge in [-0.2, -0.15) is 0 Å². The number of hydrogen-bond acceptors (Lipinski definition) is 2. The highest BCUT2D eigenvalue weighted by Gasteiger charge is 2.09. The second-order valence-corrected chi connectivity index (χ2v) is 5.09. The van der Waals surface area contributed by atoms with Crippen LogP contribution < -0.4 is 4.74 Å². The summed E-state index contributed by atoms with van der Waals surface area (Å²) < 4.78 is 5.69. The van der Waals surface area contributed by atoms with Gasteiger partial charge in [-0.3, -0.25) is 0 Å². The van der Waals surface area contributed by atoms with Gasteiger partial charge >= 0.3 is 0 Å². The fraction of sp³-hybridized carbons (Fsp3) is 0. The van der Waals surface area contributed by atoms with Gasteiger partial charge in [0.05, 0.1) is 16.1 Å². The van der Waals surface area contributed by atoms with Crippen molar-refractivity contribution in [1.82, 2.24) is 9.97 Å². The maximum Gasteiger partial charge on any atom is 0.201 e. The second-order valence-electron chi connectivity index (χ2n) is 3.88. The van der Waals surface area contributed by atoms with Crippen molar-refractivity contribution in [3.63, 3.8) is 0 Å². The zero-order chi connectivity index (χ0) is 13.4. The molecule has 3 nitrogen and oxygen atoms in total. The molecule has 96 valence electrons. The number of nitrogens with one attached hydrogen (secondary N) is 1. The molecule has 0 spiro atoms. The highest BCUT2D eigenvalue weighted by Crippen LogP contribution is 2.33. The van der Waals surface area contributed by atoms with Crippen molar-refractivity contribution in [3.8, 4) is 11.5 Å². The predicted molar refractivity (Wildman–Crippen MR) is 77.6 cm³/mol. The van der Waals surface area contributed by atoms with E-state index in [0.717, 1.165) is 5.52 Å². The Morgan fingerprint density at radius 3 is 2.47 bits per heavy atom. The van der Waals surface area contributed by atoms with Crippen LogP contribution in [0.5, 0.6) is 11.5 Å². The Morgan fingerprint density at radius 2 is 1.74 bits per heavy atom. The van der Waals surface area contributed by atoms with Gasteiger partial charge in [-0.25, -0.2) is 4.98 Å². The minimum atomic E-state index is 0.315. The molecule has 6 heteroatoms. The first-order valence-electron chi connectivity index (χ1n) is 5.40. The average molecular weight is 314 g/mol. The number of benzene rings is 2. The molecule has 0 aliphatic rings. The molecule has 3 rings (SSSR count). The molecule has 1 heterocycles. The average Bonchev–Trinajstić information content (AvgIpc) is 2.72. The lowest BCUT2D eigenvalue weighted by Crippen LogP contribution is -1.85. The minimum Gasteiger partial charge on any atom is -0.456 e. The minimum absolute atomic E-state index is 0.315. The van der Waals surface area contributed by atoms with E-state index in [1.54, 1.807) is 36.4 Å². The molecule has 0 aliphatic carbocycles. The topological polar surface area (TPSA) is 37.9 Å². The molecule has 0 saturated carbocycles. The Kier molecular flexibility index (Phi) is 3.27. The van der Waals surface area contributed by atoms with Crippen LogP contribution in [-0.4, -0.2) is 9.97 Å². The van der Waals surface area contributed by atoms with Crippen LogP contribution in [0.4, 0.5) is 0 Å². The molecular formula is C13H7Cl3N2O. The van der Waals surface area contributed by atoms with Crippen molar-refractivity contribution < 1.29 is 4.74 Å². The van der Waals surface area contributed by atoms with Crippen molar-refractivity contribution in [2.24, 2.45) is 0 Å². The lowest BCUT2D eigenvalue weighted by Gasteiger charge is -2.07. The molecule has 0 unspecified atom stereocenters. The third-order valence-corrected chi connectivity index (χ3v) is 3.27. The number of aromatic amines is 1. The van der Waals surface area contributed by atoms with E-state index in [-0.39, 0.29) is 0 Å². The summed E-state index contributed by atoms with van der Waals surface area (Å²) in [4.78, 5) is 7.02. The standard InChI is InChI=1S/C13H7Cl3N2O/c14-7-1-3-8(4-2-7)19-12-6-11-10(5-9(12)15)17-13(16)18-11/h1-6H,(H,17,18). The summed E-state index contributed by atoms with van der Waals surface area (Å²) in [6.45, 7) is 0. The SMILES string of the molecule is Clc1ccc(Oc2cc3nc(Cl)[nH]c3cc2Cl)cc1. The molecule has 19 heavy (non-hydrogen) atoms. The number of halogens is 3. The normalized spacial score (nSPS) is 10.9. The molecule has 0 atom stereocenters. The highest BCUT2D eigenvalue weighted by molar-refractivity contribution is 6.33. The number of hydrogen-bond donors (Lipinski definition) is 1. The van der Waals surface area contributed by atoms with Gasteiger partial charge in [-0.1, -0.05) is 23.2 Å². The fourth-order valence-corrected chi connectivity index (χ4v) is 2.21. The summed E-state index contributed by atoms with van der Waals surface area (Å²) in [5, 5.41) is 1.44. The van der Waals surface area contributed by atoms with E-state index in [4.69, 9.17) is 39.5 Å². The summed E-state index contributed by atoms with van der Waals surface area (Å²) >= 11 is 17.8. The van der Waals surface area contributed by atoms with E-state index in [1.807, 2.05) is 0 Å². The Bertz CT molecular complexity index is 737. The zero-order valence-corrected chi connectivity index (χ0v) is 11.7. The van der Waals surface area contributed by atoms with Gasteiger partial charge in [-0.15, -0.1) is 0 Å². The van der Waals surface area contributed by atoms with Gasteiger partial charge in [0.15, 0.2) is 0 Å². The van der Waals surface area contributed by atoms with Crippen LogP contribution in [0.15, 0.2) is 36.4 Å². The Labute approximate surface area is 124 Å². The van der Waals surface area contributed by atoms with Crippen LogP contribution in [-0.2, 0) is 0 Å². The van der Waals surface area contributed by atoms with E-state index in [0.29, 0.717) is 32.3 Å². The summed E-state index contributed by atoms with van der Waals surface area (Å²) in [6, 6.07) is 10.5. The van der Waals surface area contributed by atoms with Crippen LogP contribution in [0.1, 0.15) is 0 Å². The zero-order valence-electron chi connectivity index (χ0n) is 9.45. The molecule has 0 amide bonds. The third-order valence-electron chi connectivity index (χ3n) is 2.55. The molecule has 3 aromatic rings. The first kappa shape index (κ1) is 12.6. The first-order valence-corrected chi connectivity index (χ1v) is 6.53. The van der Waals surface area contributed by atoms with Gasteiger partial charge in [-0.05, 0) is 41.9 Å². The highest BCUT2D eigenvalue weighted by atomic mass is 35.5. The van der Waals surface area contributed by atoms with E-state index in [1.165, 1.54) is 0 Å². The van der Waals surface area contributed by atoms with Crippen molar-refractivity contribution in [2.75, 3.05) is 0 Å². The van der Waals surface area contributed by atoms with E-state index >= 15 is 0 Å². The smallest absolute Gasteiger partial charge is 0.201 e. The lowest BCUT2D eigenvalue weighted by molar-refractivity contribution is 0.483. The molecule has 0 aliphatic heterocycles. The van der Waals surface area contributed by atoms with Gasteiger partial charge < -0.3 is 9.72 Å². The molecule has 2 aromatic carbocycles. The number of fused-ring (bicyclic) bond motifs is 1. The summed E-state index contributed by atoms with van der Waals surface area (Å²) in [5.41, 5.74) is 1.46. The van der Waals surface area contributed by atoms with Gasteiger partial charge in [0.1, 0.15) is 11.5 Å². The Hall–Kier alpha value is -1.42. The van der Waals surface area contributed by atoms with E-state index in [2.05, 4.69) is 9.97 Å². The number of H-pyrrole nitrogens is 1. The molecule has 1 aromatic heterocycles. The molecule has 0 bridgehead atoms. The Morgan fingerprint density at radius 1 is 1.00 bits per heavy atom. The number of ether oxygens (including phenoxy) is 1. The molecule has 1 N–H and O–H groups in total. The summed E-state index contributed by atoms with van der Waals surface area (Å²) in [6.07, 6.45) is 0. The number of aromatic nitrogens is 2. The molecule has 0 radical (unpaired) electrons. The maximum absolute atomic E-state index is 6.15. The first-order chi connectivity index (χ1) is 9.11. The lowest BCUT2D eigenvalue weighted by atomic mass is 10.3. The summed E-state index contributed by atoms with van der Waals surface area (Å²) in [5.74, 6) is 1.16. The van der Waals surface area contributed by atoms with Crippen molar-refractivity contribution in [1.29, 1.82) is 0 Å². The van der Waals surface area contributed by atoms with Crippen molar-refractivity contribution in [3.05, 3.63) is 51.7 Å². The maximum atomic E-state index is 6.15. The molecule has 0 fully saturated rings. The van der Waals surface area contributed by atoms with Crippen LogP contribution in [0.2, 0.25) is 15.3 Å². The van der Waals surface area contributed by atoms with Gasteiger partial charge in [0, 0.05) is 11.1 Å². The monoisotopic (exact) mass is 312 g/mol. The van der Waals surface area contributed by atoms with Crippen LogP contribution in [0.3, 0.4) is 0 Å².